The average Bonchev–Trinajstić information content (AvgIpc) is 3.10. The minimum absolute atomic E-state index is 0.331. The van der Waals surface area contributed by atoms with Gasteiger partial charge in [0.15, 0.2) is 5.96 Å². The summed E-state index contributed by atoms with van der Waals surface area (Å²) >= 11 is 0. The van der Waals surface area contributed by atoms with E-state index in [1.807, 2.05) is 4.68 Å². The van der Waals surface area contributed by atoms with Gasteiger partial charge in [0, 0.05) is 18.8 Å². The van der Waals surface area contributed by atoms with Crippen LogP contribution in [0.4, 0.5) is 5.69 Å². The minimum atomic E-state index is -0.421. The number of anilines is 1. The highest BCUT2D eigenvalue weighted by Crippen LogP contribution is 2.28. The van der Waals surface area contributed by atoms with Gasteiger partial charge < -0.3 is 16.8 Å². The summed E-state index contributed by atoms with van der Waals surface area (Å²) in [5, 5.41) is 7.54. The molecule has 0 spiro atoms. The number of primary amides is 1. The van der Waals surface area contributed by atoms with Crippen molar-refractivity contribution in [2.45, 2.75) is 45.1 Å². The number of hydrogen-bond donors (Lipinski definition) is 3. The number of benzene rings is 1. The van der Waals surface area contributed by atoms with Gasteiger partial charge in [-0.15, -0.1) is 0 Å². The minimum Gasteiger partial charge on any atom is -0.370 e. The Kier molecular flexibility index (Phi) is 4.83. The number of aliphatic imine (C=N–C) groups is 1. The maximum Gasteiger partial charge on any atom is 0.252 e. The van der Waals surface area contributed by atoms with E-state index >= 15 is 0 Å². The first-order chi connectivity index (χ1) is 13.1. The summed E-state index contributed by atoms with van der Waals surface area (Å²) in [5.74, 6) is 0.357. The first kappa shape index (κ1) is 17.6. The van der Waals surface area contributed by atoms with Gasteiger partial charge in [-0.3, -0.25) is 14.5 Å². The maximum atomic E-state index is 11.5. The van der Waals surface area contributed by atoms with Gasteiger partial charge >= 0.3 is 0 Å². The van der Waals surface area contributed by atoms with Crippen LogP contribution in [0, 0.1) is 5.92 Å². The molecule has 1 aliphatic carbocycles. The van der Waals surface area contributed by atoms with Crippen LogP contribution in [0.15, 0.2) is 29.4 Å². The molecule has 1 aliphatic heterocycles. The number of rotatable bonds is 4. The van der Waals surface area contributed by atoms with Crippen molar-refractivity contribution in [1.82, 2.24) is 9.78 Å². The second-order valence-electron chi connectivity index (χ2n) is 7.45. The number of carbonyl (C=O) groups excluding carboxylic acids is 1. The standard InChI is InChI=1S/C20H26N6O/c21-19(27)16-12-24-26-9-8-13(10-18(16)26)11-23-20(22)25-17-7-3-5-14-4-1-2-6-15(14)17/h3,5,7,12-13H,1-2,4,6,8-11H2,(H2,21,27)(H3,22,23,25). The second kappa shape index (κ2) is 7.42. The van der Waals surface area contributed by atoms with Crippen LogP contribution in [0.2, 0.25) is 0 Å². The Morgan fingerprint density at radius 1 is 1.30 bits per heavy atom. The van der Waals surface area contributed by atoms with Crippen molar-refractivity contribution in [2.75, 3.05) is 11.9 Å². The summed E-state index contributed by atoms with van der Waals surface area (Å²) in [6.07, 6.45) is 7.98. The predicted octanol–water partition coefficient (Wildman–Crippen LogP) is 1.85. The van der Waals surface area contributed by atoms with Crippen molar-refractivity contribution in [3.05, 3.63) is 46.8 Å². The average molecular weight is 366 g/mol. The van der Waals surface area contributed by atoms with E-state index in [4.69, 9.17) is 11.5 Å². The zero-order chi connectivity index (χ0) is 18.8. The molecule has 4 rings (SSSR count). The van der Waals surface area contributed by atoms with Crippen LogP contribution in [0.3, 0.4) is 0 Å². The predicted molar refractivity (Wildman–Crippen MR) is 106 cm³/mol. The molecule has 0 bridgehead atoms. The molecule has 142 valence electrons. The van der Waals surface area contributed by atoms with Crippen LogP contribution in [-0.4, -0.2) is 28.2 Å². The fourth-order valence-corrected chi connectivity index (χ4v) is 4.16. The highest BCUT2D eigenvalue weighted by molar-refractivity contribution is 5.94. The molecule has 2 aliphatic rings. The lowest BCUT2D eigenvalue weighted by Gasteiger charge is -2.23. The Hall–Kier alpha value is -2.83. The zero-order valence-corrected chi connectivity index (χ0v) is 15.4. The Morgan fingerprint density at radius 2 is 2.15 bits per heavy atom. The molecule has 1 aromatic carbocycles. The Labute approximate surface area is 158 Å². The van der Waals surface area contributed by atoms with Crippen LogP contribution in [0.5, 0.6) is 0 Å². The van der Waals surface area contributed by atoms with Crippen LogP contribution in [0.25, 0.3) is 0 Å². The van der Waals surface area contributed by atoms with Crippen molar-refractivity contribution in [3.63, 3.8) is 0 Å². The smallest absolute Gasteiger partial charge is 0.252 e. The van der Waals surface area contributed by atoms with E-state index in [0.717, 1.165) is 43.6 Å². The monoisotopic (exact) mass is 366 g/mol. The topological polar surface area (TPSA) is 111 Å². The van der Waals surface area contributed by atoms with Crippen molar-refractivity contribution in [2.24, 2.45) is 22.4 Å². The Bertz CT molecular complexity index is 885. The molecule has 7 heteroatoms. The third-order valence-corrected chi connectivity index (χ3v) is 5.62. The van der Waals surface area contributed by atoms with Gasteiger partial charge in [-0.25, -0.2) is 0 Å². The van der Waals surface area contributed by atoms with Gasteiger partial charge in [0.05, 0.1) is 17.5 Å². The number of guanidine groups is 1. The van der Waals surface area contributed by atoms with E-state index in [2.05, 4.69) is 33.6 Å². The summed E-state index contributed by atoms with van der Waals surface area (Å²) in [6, 6.07) is 6.35. The number of nitrogens with zero attached hydrogens (tertiary/aromatic N) is 3. The van der Waals surface area contributed by atoms with Crippen molar-refractivity contribution < 1.29 is 4.79 Å². The first-order valence-corrected chi connectivity index (χ1v) is 9.64. The number of aromatic nitrogens is 2. The molecule has 7 nitrogen and oxygen atoms in total. The maximum absolute atomic E-state index is 11.5. The molecule has 0 saturated carbocycles. The molecule has 1 atom stereocenters. The Morgan fingerprint density at radius 3 is 3.00 bits per heavy atom. The molecule has 5 N–H and O–H groups in total. The summed E-state index contributed by atoms with van der Waals surface area (Å²) in [7, 11) is 0. The SMILES string of the molecule is NC(=O)c1cnn2c1CC(CN=C(N)Nc1cccc3c1CCCC3)CC2. The van der Waals surface area contributed by atoms with Gasteiger partial charge in [-0.2, -0.15) is 5.10 Å². The van der Waals surface area contributed by atoms with E-state index in [-0.39, 0.29) is 0 Å². The largest absolute Gasteiger partial charge is 0.370 e. The highest BCUT2D eigenvalue weighted by Gasteiger charge is 2.24. The number of amides is 1. The number of aryl methyl sites for hydroxylation is 2. The van der Waals surface area contributed by atoms with E-state index < -0.39 is 5.91 Å². The summed E-state index contributed by atoms with van der Waals surface area (Å²) < 4.78 is 1.87. The molecule has 0 fully saturated rings. The van der Waals surface area contributed by atoms with Crippen LogP contribution in [-0.2, 0) is 25.8 Å². The molecule has 0 radical (unpaired) electrons. The van der Waals surface area contributed by atoms with Gasteiger partial charge in [-0.1, -0.05) is 12.1 Å². The first-order valence-electron chi connectivity index (χ1n) is 9.64. The Balaban J connectivity index is 1.42. The number of carbonyl (C=O) groups is 1. The molecule has 27 heavy (non-hydrogen) atoms. The molecular weight excluding hydrogens is 340 g/mol. The molecule has 2 aromatic rings. The van der Waals surface area contributed by atoms with Gasteiger partial charge in [0.25, 0.3) is 5.91 Å². The molecule has 2 heterocycles. The van der Waals surface area contributed by atoms with Gasteiger partial charge in [0.1, 0.15) is 0 Å². The van der Waals surface area contributed by atoms with Gasteiger partial charge in [-0.05, 0) is 61.6 Å². The number of nitrogens with two attached hydrogens (primary N) is 2. The van der Waals surface area contributed by atoms with Crippen LogP contribution < -0.4 is 16.8 Å². The van der Waals surface area contributed by atoms with E-state index in [1.165, 1.54) is 24.0 Å². The molecule has 1 unspecified atom stereocenters. The van der Waals surface area contributed by atoms with E-state index in [1.54, 1.807) is 6.20 Å². The summed E-state index contributed by atoms with van der Waals surface area (Å²) in [4.78, 5) is 16.1. The number of fused-ring (bicyclic) bond motifs is 2. The molecule has 1 aromatic heterocycles. The lowest BCUT2D eigenvalue weighted by Crippen LogP contribution is -2.28. The van der Waals surface area contributed by atoms with Crippen molar-refractivity contribution in [3.8, 4) is 0 Å². The second-order valence-corrected chi connectivity index (χ2v) is 7.45. The fourth-order valence-electron chi connectivity index (χ4n) is 4.16. The normalized spacial score (nSPS) is 19.3. The third-order valence-electron chi connectivity index (χ3n) is 5.62. The van der Waals surface area contributed by atoms with Gasteiger partial charge in [0.2, 0.25) is 0 Å². The molecule has 0 saturated heterocycles. The van der Waals surface area contributed by atoms with Crippen LogP contribution in [0.1, 0.15) is 46.4 Å². The van der Waals surface area contributed by atoms with Crippen molar-refractivity contribution in [1.29, 1.82) is 0 Å². The third kappa shape index (κ3) is 3.67. The number of hydrogen-bond acceptors (Lipinski definition) is 3. The molecular formula is C20H26N6O. The van der Waals surface area contributed by atoms with Crippen molar-refractivity contribution >= 4 is 17.6 Å². The fraction of sp³-hybridized carbons (Fsp3) is 0.450. The molecule has 1 amide bonds. The lowest BCUT2D eigenvalue weighted by molar-refractivity contribution is 0.0998. The summed E-state index contributed by atoms with van der Waals surface area (Å²) in [5.41, 5.74) is 16.9. The zero-order valence-electron chi connectivity index (χ0n) is 15.4. The number of nitrogens with one attached hydrogen (secondary N) is 1. The van der Waals surface area contributed by atoms with E-state index in [0.29, 0.717) is 24.0 Å². The van der Waals surface area contributed by atoms with Crippen LogP contribution >= 0.6 is 0 Å². The highest BCUT2D eigenvalue weighted by atomic mass is 16.1. The van der Waals surface area contributed by atoms with E-state index in [9.17, 15) is 4.79 Å². The lowest BCUT2D eigenvalue weighted by atomic mass is 9.90. The summed E-state index contributed by atoms with van der Waals surface area (Å²) in [6.45, 7) is 1.40. The quantitative estimate of drug-likeness (QED) is 0.566.